The maximum Gasteiger partial charge on any atom is 0.277 e. The Morgan fingerprint density at radius 2 is 2.00 bits per heavy atom. The molecule has 6 heteroatoms. The Hall–Kier alpha value is -3.41. The average molecular weight is 335 g/mol. The minimum absolute atomic E-state index is 0.369. The first-order valence-corrected chi connectivity index (χ1v) is 7.68. The van der Waals surface area contributed by atoms with Crippen LogP contribution in [0, 0.1) is 6.92 Å². The molecule has 25 heavy (non-hydrogen) atoms. The summed E-state index contributed by atoms with van der Waals surface area (Å²) in [4.78, 5) is 12.5. The number of aromatic nitrogens is 1. The molecule has 0 unspecified atom stereocenters. The third-order valence-electron chi connectivity index (χ3n) is 3.61. The minimum atomic E-state index is -0.378. The van der Waals surface area contributed by atoms with Gasteiger partial charge in [-0.15, -0.1) is 0 Å². The molecule has 0 radical (unpaired) electrons. The molecule has 0 saturated heterocycles. The van der Waals surface area contributed by atoms with E-state index >= 15 is 0 Å². The van der Waals surface area contributed by atoms with E-state index in [1.165, 1.54) is 0 Å². The zero-order chi connectivity index (χ0) is 17.6. The quantitative estimate of drug-likeness (QED) is 0.572. The summed E-state index contributed by atoms with van der Waals surface area (Å²) in [6, 6.07) is 16.7. The van der Waals surface area contributed by atoms with E-state index < -0.39 is 0 Å². The molecule has 1 amide bonds. The van der Waals surface area contributed by atoms with Gasteiger partial charge in [0.15, 0.2) is 0 Å². The van der Waals surface area contributed by atoms with Gasteiger partial charge in [-0.1, -0.05) is 47.6 Å². The molecule has 3 aromatic rings. The third kappa shape index (κ3) is 3.74. The molecular weight excluding hydrogens is 318 g/mol. The van der Waals surface area contributed by atoms with Crippen molar-refractivity contribution in [3.8, 4) is 17.0 Å². The number of carbonyl (C=O) groups excluding carboxylic acids is 1. The lowest BCUT2D eigenvalue weighted by Crippen LogP contribution is -2.18. The van der Waals surface area contributed by atoms with Crippen LogP contribution in [0.2, 0.25) is 0 Å². The number of hydrogen-bond acceptors (Lipinski definition) is 5. The smallest absolute Gasteiger partial charge is 0.277 e. The topological polar surface area (TPSA) is 76.7 Å². The summed E-state index contributed by atoms with van der Waals surface area (Å²) in [7, 11) is 1.60. The lowest BCUT2D eigenvalue weighted by atomic mass is 10.1. The number of nitrogens with one attached hydrogen (secondary N) is 1. The summed E-state index contributed by atoms with van der Waals surface area (Å²) < 4.78 is 10.3. The zero-order valence-electron chi connectivity index (χ0n) is 13.9. The van der Waals surface area contributed by atoms with Crippen LogP contribution in [0.1, 0.15) is 21.7 Å². The molecule has 0 bridgehead atoms. The van der Waals surface area contributed by atoms with Crippen molar-refractivity contribution in [1.29, 1.82) is 0 Å². The van der Waals surface area contributed by atoms with Gasteiger partial charge in [0.2, 0.25) is 0 Å². The van der Waals surface area contributed by atoms with Crippen molar-refractivity contribution in [3.05, 3.63) is 71.5 Å². The van der Waals surface area contributed by atoms with Crippen molar-refractivity contribution in [2.75, 3.05) is 7.11 Å². The predicted octanol–water partition coefficient (Wildman–Crippen LogP) is 3.42. The highest BCUT2D eigenvalue weighted by molar-refractivity contribution is 6.01. The summed E-state index contributed by atoms with van der Waals surface area (Å²) in [6.45, 7) is 1.69. The van der Waals surface area contributed by atoms with Gasteiger partial charge >= 0.3 is 0 Å². The first-order valence-electron chi connectivity index (χ1n) is 7.68. The van der Waals surface area contributed by atoms with Crippen LogP contribution in [0.25, 0.3) is 11.3 Å². The SMILES string of the molecule is COc1cccc(/C=N\NC(=O)c2c(-c3ccccc3)noc2C)c1. The van der Waals surface area contributed by atoms with E-state index in [9.17, 15) is 4.79 Å². The fourth-order valence-electron chi connectivity index (χ4n) is 2.38. The Balaban J connectivity index is 1.78. The summed E-state index contributed by atoms with van der Waals surface area (Å²) >= 11 is 0. The molecule has 1 N–H and O–H groups in total. The number of carbonyl (C=O) groups is 1. The number of benzene rings is 2. The Morgan fingerprint density at radius 3 is 2.76 bits per heavy atom. The second kappa shape index (κ2) is 7.44. The number of ether oxygens (including phenoxy) is 1. The molecule has 0 aliphatic rings. The van der Waals surface area contributed by atoms with Gasteiger partial charge in [0.1, 0.15) is 22.8 Å². The number of hydrazone groups is 1. The highest BCUT2D eigenvalue weighted by Gasteiger charge is 2.21. The second-order valence-electron chi connectivity index (χ2n) is 5.30. The molecule has 2 aromatic carbocycles. The molecule has 0 fully saturated rings. The van der Waals surface area contributed by atoms with Crippen LogP contribution in [-0.4, -0.2) is 24.4 Å². The standard InChI is InChI=1S/C19H17N3O3/c1-13-17(18(22-25-13)15-8-4-3-5-9-15)19(23)21-20-12-14-7-6-10-16(11-14)24-2/h3-12H,1-2H3,(H,21,23)/b20-12-. The highest BCUT2D eigenvalue weighted by Crippen LogP contribution is 2.24. The maximum atomic E-state index is 12.5. The molecule has 0 saturated carbocycles. The van der Waals surface area contributed by atoms with Gasteiger partial charge in [-0.2, -0.15) is 5.10 Å². The average Bonchev–Trinajstić information content (AvgIpc) is 3.04. The number of rotatable bonds is 5. The summed E-state index contributed by atoms with van der Waals surface area (Å²) in [5, 5.41) is 7.99. The molecule has 3 rings (SSSR count). The van der Waals surface area contributed by atoms with Crippen molar-refractivity contribution in [2.24, 2.45) is 5.10 Å². The monoisotopic (exact) mass is 335 g/mol. The van der Waals surface area contributed by atoms with Crippen LogP contribution in [0.15, 0.2) is 64.2 Å². The number of nitrogens with zero attached hydrogens (tertiary/aromatic N) is 2. The molecule has 6 nitrogen and oxygen atoms in total. The second-order valence-corrected chi connectivity index (χ2v) is 5.30. The molecule has 0 spiro atoms. The van der Waals surface area contributed by atoms with Crippen LogP contribution in [-0.2, 0) is 0 Å². The first-order chi connectivity index (χ1) is 12.2. The Morgan fingerprint density at radius 1 is 1.20 bits per heavy atom. The number of hydrogen-bond donors (Lipinski definition) is 1. The molecule has 0 atom stereocenters. The summed E-state index contributed by atoms with van der Waals surface area (Å²) in [5.41, 5.74) is 4.99. The molecule has 0 aliphatic carbocycles. The maximum absolute atomic E-state index is 12.5. The van der Waals surface area contributed by atoms with Gasteiger partial charge in [0, 0.05) is 5.56 Å². The van der Waals surface area contributed by atoms with E-state index in [1.807, 2.05) is 54.6 Å². The van der Waals surface area contributed by atoms with Gasteiger partial charge in [-0.25, -0.2) is 5.43 Å². The fraction of sp³-hybridized carbons (Fsp3) is 0.105. The van der Waals surface area contributed by atoms with E-state index in [1.54, 1.807) is 20.2 Å². The van der Waals surface area contributed by atoms with Crippen molar-refractivity contribution < 1.29 is 14.1 Å². The van der Waals surface area contributed by atoms with E-state index in [4.69, 9.17) is 9.26 Å². The van der Waals surface area contributed by atoms with Gasteiger partial charge < -0.3 is 9.26 Å². The number of aryl methyl sites for hydroxylation is 1. The number of methoxy groups -OCH3 is 1. The lowest BCUT2D eigenvalue weighted by molar-refractivity contribution is 0.0954. The van der Waals surface area contributed by atoms with Crippen molar-refractivity contribution in [2.45, 2.75) is 6.92 Å². The van der Waals surface area contributed by atoms with Gasteiger partial charge in [-0.3, -0.25) is 4.79 Å². The predicted molar refractivity (Wildman–Crippen MR) is 94.7 cm³/mol. The van der Waals surface area contributed by atoms with Crippen LogP contribution in [0.4, 0.5) is 0 Å². The zero-order valence-corrected chi connectivity index (χ0v) is 13.9. The largest absolute Gasteiger partial charge is 0.497 e. The van der Waals surface area contributed by atoms with Crippen molar-refractivity contribution in [3.63, 3.8) is 0 Å². The molecular formula is C19H17N3O3. The summed E-state index contributed by atoms with van der Waals surface area (Å²) in [5.74, 6) is 0.779. The molecule has 1 aromatic heterocycles. The van der Waals surface area contributed by atoms with Crippen molar-refractivity contribution in [1.82, 2.24) is 10.6 Å². The Bertz CT molecular complexity index is 901. The lowest BCUT2D eigenvalue weighted by Gasteiger charge is -2.02. The third-order valence-corrected chi connectivity index (χ3v) is 3.61. The normalized spacial score (nSPS) is 10.8. The Labute approximate surface area is 145 Å². The van der Waals surface area contributed by atoms with Gasteiger partial charge in [0.25, 0.3) is 5.91 Å². The van der Waals surface area contributed by atoms with Gasteiger partial charge in [-0.05, 0) is 24.6 Å². The molecule has 0 aliphatic heterocycles. The van der Waals surface area contributed by atoms with Crippen LogP contribution in [0.5, 0.6) is 5.75 Å². The molecule has 126 valence electrons. The molecule has 1 heterocycles. The van der Waals surface area contributed by atoms with Gasteiger partial charge in [0.05, 0.1) is 13.3 Å². The van der Waals surface area contributed by atoms with Crippen molar-refractivity contribution >= 4 is 12.1 Å². The Kier molecular flexibility index (Phi) is 4.89. The van der Waals surface area contributed by atoms with E-state index in [0.29, 0.717) is 17.0 Å². The first kappa shape index (κ1) is 16.4. The van der Waals surface area contributed by atoms with E-state index in [2.05, 4.69) is 15.7 Å². The van der Waals surface area contributed by atoms with Crippen LogP contribution < -0.4 is 10.2 Å². The number of amides is 1. The van der Waals surface area contributed by atoms with Crippen LogP contribution in [0.3, 0.4) is 0 Å². The van der Waals surface area contributed by atoms with E-state index in [-0.39, 0.29) is 5.91 Å². The summed E-state index contributed by atoms with van der Waals surface area (Å²) in [6.07, 6.45) is 1.55. The van der Waals surface area contributed by atoms with E-state index in [0.717, 1.165) is 16.9 Å². The van der Waals surface area contributed by atoms with Crippen LogP contribution >= 0.6 is 0 Å². The highest BCUT2D eigenvalue weighted by atomic mass is 16.5. The fourth-order valence-corrected chi connectivity index (χ4v) is 2.38. The minimum Gasteiger partial charge on any atom is -0.497 e.